The van der Waals surface area contributed by atoms with E-state index in [0.717, 1.165) is 35.3 Å². The summed E-state index contributed by atoms with van der Waals surface area (Å²) in [7, 11) is 0. The zero-order chi connectivity index (χ0) is 20.2. The van der Waals surface area contributed by atoms with Gasteiger partial charge >= 0.3 is 0 Å². The Morgan fingerprint density at radius 2 is 1.79 bits per heavy atom. The van der Waals surface area contributed by atoms with Crippen LogP contribution in [0, 0.1) is 5.41 Å². The number of nitrogens with one attached hydrogen (secondary N) is 2. The van der Waals surface area contributed by atoms with Crippen LogP contribution in [0.1, 0.15) is 33.6 Å². The molecule has 0 unspecified atom stereocenters. The molecule has 4 nitrogen and oxygen atoms in total. The summed E-state index contributed by atoms with van der Waals surface area (Å²) in [6.07, 6.45) is 2.34. The minimum atomic E-state index is -0.114. The first-order chi connectivity index (χ1) is 14.1. The third kappa shape index (κ3) is 4.69. The molecule has 2 heterocycles. The summed E-state index contributed by atoms with van der Waals surface area (Å²) in [5, 5.41) is 11.3. The lowest BCUT2D eigenvalue weighted by atomic mass is 10.0. The van der Waals surface area contributed by atoms with Crippen molar-refractivity contribution in [2.24, 2.45) is 0 Å². The van der Waals surface area contributed by atoms with Crippen LogP contribution in [0.3, 0.4) is 0 Å². The van der Waals surface area contributed by atoms with Gasteiger partial charge in [-0.15, -0.1) is 11.3 Å². The number of carbonyl (C=O) groups is 1. The van der Waals surface area contributed by atoms with Gasteiger partial charge in [-0.3, -0.25) is 10.2 Å². The highest BCUT2D eigenvalue weighted by atomic mass is 35.5. The molecule has 1 saturated heterocycles. The van der Waals surface area contributed by atoms with Gasteiger partial charge in [0, 0.05) is 25.2 Å². The topological polar surface area (TPSA) is 56.2 Å². The number of carbonyl (C=O) groups excluding carboxylic acids is 1. The van der Waals surface area contributed by atoms with Crippen LogP contribution in [0.4, 0.5) is 0 Å². The van der Waals surface area contributed by atoms with Crippen LogP contribution in [0.5, 0.6) is 0 Å². The summed E-state index contributed by atoms with van der Waals surface area (Å²) in [6, 6.07) is 19.8. The summed E-state index contributed by atoms with van der Waals surface area (Å²) in [5.41, 5.74) is 4.18. The zero-order valence-electron chi connectivity index (χ0n) is 16.0. The number of hydrogen-bond donors (Lipinski definition) is 2. The number of thiophene rings is 1. The fourth-order valence-corrected chi connectivity index (χ4v) is 4.47. The van der Waals surface area contributed by atoms with Gasteiger partial charge in [0.05, 0.1) is 9.21 Å². The molecule has 2 aromatic carbocycles. The van der Waals surface area contributed by atoms with Crippen LogP contribution in [-0.4, -0.2) is 29.7 Å². The number of halogens is 1. The van der Waals surface area contributed by atoms with E-state index in [0.29, 0.717) is 21.6 Å². The molecule has 0 atom stereocenters. The molecule has 0 saturated carbocycles. The number of hydrogen-bond acceptors (Lipinski definition) is 3. The first kappa shape index (κ1) is 19.7. The van der Waals surface area contributed by atoms with Crippen LogP contribution in [0.25, 0.3) is 11.1 Å². The minimum absolute atomic E-state index is 0.114. The molecule has 6 heteroatoms. The number of likely N-dealkylation sites (tertiary alicyclic amines) is 1. The lowest BCUT2D eigenvalue weighted by Gasteiger charge is -2.18. The highest BCUT2D eigenvalue weighted by Gasteiger charge is 2.16. The molecule has 148 valence electrons. The van der Waals surface area contributed by atoms with Crippen LogP contribution >= 0.6 is 22.9 Å². The van der Waals surface area contributed by atoms with Gasteiger partial charge in [-0.1, -0.05) is 54.1 Å². The molecular formula is C23H22ClN3OS. The smallest absolute Gasteiger partial charge is 0.261 e. The van der Waals surface area contributed by atoms with E-state index in [-0.39, 0.29) is 5.91 Å². The number of benzene rings is 2. The van der Waals surface area contributed by atoms with Crippen molar-refractivity contribution in [1.29, 1.82) is 5.41 Å². The van der Waals surface area contributed by atoms with Crippen molar-refractivity contribution >= 4 is 34.7 Å². The van der Waals surface area contributed by atoms with Crippen LogP contribution in [-0.2, 0) is 6.54 Å². The summed E-state index contributed by atoms with van der Waals surface area (Å²) < 4.78 is 0.610. The monoisotopic (exact) mass is 423 g/mol. The maximum Gasteiger partial charge on any atom is 0.261 e. The van der Waals surface area contributed by atoms with Gasteiger partial charge in [-0.05, 0) is 47.7 Å². The van der Waals surface area contributed by atoms with E-state index < -0.39 is 0 Å². The van der Waals surface area contributed by atoms with Gasteiger partial charge in [0.1, 0.15) is 5.84 Å². The third-order valence-corrected chi connectivity index (χ3v) is 6.32. The molecule has 1 fully saturated rings. The van der Waals surface area contributed by atoms with E-state index in [9.17, 15) is 4.79 Å². The van der Waals surface area contributed by atoms with E-state index in [1.54, 1.807) is 12.1 Å². The molecule has 0 radical (unpaired) electrons. The molecule has 1 aliphatic heterocycles. The van der Waals surface area contributed by atoms with Crippen LogP contribution < -0.4 is 5.32 Å². The molecule has 0 aliphatic carbocycles. The normalized spacial score (nSPS) is 13.5. The van der Waals surface area contributed by atoms with E-state index in [1.807, 2.05) is 24.3 Å². The predicted octanol–water partition coefficient (Wildman–Crippen LogP) is 5.42. The Bertz CT molecular complexity index is 1020. The van der Waals surface area contributed by atoms with Crippen molar-refractivity contribution in [2.75, 3.05) is 13.1 Å². The predicted molar refractivity (Wildman–Crippen MR) is 120 cm³/mol. The molecule has 29 heavy (non-hydrogen) atoms. The number of rotatable bonds is 5. The number of nitrogens with zero attached hydrogens (tertiary/aromatic N) is 1. The Balaban J connectivity index is 1.42. The fraction of sp³-hybridized carbons (Fsp3) is 0.217. The second-order valence-corrected chi connectivity index (χ2v) is 8.82. The molecule has 3 aromatic rings. The maximum atomic E-state index is 12.2. The fourth-order valence-electron chi connectivity index (χ4n) is 3.51. The Morgan fingerprint density at radius 3 is 2.48 bits per heavy atom. The zero-order valence-corrected chi connectivity index (χ0v) is 17.5. The van der Waals surface area contributed by atoms with Gasteiger partial charge in [0.25, 0.3) is 5.91 Å². The second-order valence-electron chi connectivity index (χ2n) is 7.11. The quantitative estimate of drug-likeness (QED) is 0.425. The minimum Gasteiger partial charge on any atom is -0.357 e. The maximum absolute atomic E-state index is 12.2. The summed E-state index contributed by atoms with van der Waals surface area (Å²) in [4.78, 5) is 15.0. The molecule has 1 aliphatic rings. The lowest BCUT2D eigenvalue weighted by molar-refractivity contribution is 0.0955. The molecule has 2 N–H and O–H groups in total. The van der Waals surface area contributed by atoms with Gasteiger partial charge in [0.15, 0.2) is 0 Å². The van der Waals surface area contributed by atoms with E-state index >= 15 is 0 Å². The summed E-state index contributed by atoms with van der Waals surface area (Å²) in [5.74, 6) is 0.497. The first-order valence-electron chi connectivity index (χ1n) is 9.67. The van der Waals surface area contributed by atoms with E-state index in [1.165, 1.54) is 24.2 Å². The van der Waals surface area contributed by atoms with Crippen molar-refractivity contribution < 1.29 is 4.79 Å². The van der Waals surface area contributed by atoms with Gasteiger partial charge in [-0.2, -0.15) is 0 Å². The van der Waals surface area contributed by atoms with Crippen LogP contribution in [0.15, 0.2) is 60.7 Å². The molecule has 1 aromatic heterocycles. The molecule has 0 bridgehead atoms. The molecular weight excluding hydrogens is 402 g/mol. The Kier molecular flexibility index (Phi) is 5.97. The second kappa shape index (κ2) is 8.80. The molecule has 4 rings (SSSR count). The van der Waals surface area contributed by atoms with Gasteiger partial charge < -0.3 is 10.2 Å². The standard InChI is InChI=1S/C23H22ClN3OS/c24-21-11-10-20(29-21)23(28)26-15-16-4-3-5-19(14-16)17-6-8-18(9-7-17)22(25)27-12-1-2-13-27/h3-11,14,25H,1-2,12-13,15H2,(H,26,28). The van der Waals surface area contributed by atoms with Gasteiger partial charge in [0.2, 0.25) is 0 Å². The Labute approximate surface area is 179 Å². The van der Waals surface area contributed by atoms with Crippen LogP contribution in [0.2, 0.25) is 4.34 Å². The van der Waals surface area contributed by atoms with Crippen molar-refractivity contribution in [3.63, 3.8) is 0 Å². The average Bonchev–Trinajstić information content (AvgIpc) is 3.44. The largest absolute Gasteiger partial charge is 0.357 e. The number of amides is 1. The average molecular weight is 424 g/mol. The molecule has 0 spiro atoms. The third-order valence-electron chi connectivity index (χ3n) is 5.09. The summed E-state index contributed by atoms with van der Waals surface area (Å²) in [6.45, 7) is 2.41. The summed E-state index contributed by atoms with van der Waals surface area (Å²) >= 11 is 7.18. The highest BCUT2D eigenvalue weighted by molar-refractivity contribution is 7.17. The van der Waals surface area contributed by atoms with Crippen molar-refractivity contribution in [3.8, 4) is 11.1 Å². The SMILES string of the molecule is N=C(c1ccc(-c2cccc(CNC(=O)c3ccc(Cl)s3)c2)cc1)N1CCCC1. The highest BCUT2D eigenvalue weighted by Crippen LogP contribution is 2.23. The van der Waals surface area contributed by atoms with E-state index in [4.69, 9.17) is 17.0 Å². The number of amidine groups is 1. The van der Waals surface area contributed by atoms with Gasteiger partial charge in [-0.25, -0.2) is 0 Å². The van der Waals surface area contributed by atoms with Crippen molar-refractivity contribution in [1.82, 2.24) is 10.2 Å². The lowest BCUT2D eigenvalue weighted by Crippen LogP contribution is -2.27. The Morgan fingerprint density at radius 1 is 1.03 bits per heavy atom. The first-order valence-corrected chi connectivity index (χ1v) is 10.9. The van der Waals surface area contributed by atoms with E-state index in [2.05, 4.69) is 34.5 Å². The van der Waals surface area contributed by atoms with Crippen molar-refractivity contribution in [3.05, 3.63) is 81.0 Å². The molecule has 1 amide bonds. The van der Waals surface area contributed by atoms with Crippen molar-refractivity contribution in [2.45, 2.75) is 19.4 Å². The Hall–Kier alpha value is -2.63.